The maximum Gasteiger partial charge on any atom is 0.147 e. The summed E-state index contributed by atoms with van der Waals surface area (Å²) in [5, 5.41) is 9.97. The fourth-order valence-electron chi connectivity index (χ4n) is 1.58. The van der Waals surface area contributed by atoms with Gasteiger partial charge in [-0.3, -0.25) is 4.79 Å². The Hall–Kier alpha value is -1.20. The van der Waals surface area contributed by atoms with Crippen LogP contribution in [0, 0.1) is 5.41 Å². The van der Waals surface area contributed by atoms with Gasteiger partial charge in [-0.2, -0.15) is 0 Å². The quantitative estimate of drug-likeness (QED) is 0.798. The van der Waals surface area contributed by atoms with Crippen LogP contribution in [0.15, 0.2) is 29.2 Å². The van der Waals surface area contributed by atoms with Gasteiger partial charge in [0, 0.05) is 15.9 Å². The minimum atomic E-state index is -0.328. The first-order valence-corrected chi connectivity index (χ1v) is 8.44. The number of carbonyl (C=O) groups is 1. The highest BCUT2D eigenvalue weighted by molar-refractivity contribution is 7.98. The molecule has 0 atom stereocenters. The molecule has 1 aromatic heterocycles. The molecule has 0 aliphatic heterocycles. The number of rotatable bonds is 4. The second kappa shape index (κ2) is 6.06. The van der Waals surface area contributed by atoms with Crippen molar-refractivity contribution in [3.05, 3.63) is 29.3 Å². The largest absolute Gasteiger partial charge is 0.299 e. The number of carbonyl (C=O) groups excluding carboxylic acids is 1. The van der Waals surface area contributed by atoms with Crippen LogP contribution < -0.4 is 0 Å². The maximum atomic E-state index is 12.0. The third kappa shape index (κ3) is 3.67. The fourth-order valence-corrected chi connectivity index (χ4v) is 2.83. The summed E-state index contributed by atoms with van der Waals surface area (Å²) < 4.78 is 0. The standard InChI is InChI=1S/C15H18N2OS2/c1-15(2,3)12(18)9-13-16-17-14(20-13)10-5-7-11(19-4)8-6-10/h5-8H,9H2,1-4H3. The van der Waals surface area contributed by atoms with Crippen LogP contribution in [0.25, 0.3) is 10.6 Å². The summed E-state index contributed by atoms with van der Waals surface area (Å²) in [7, 11) is 0. The lowest BCUT2D eigenvalue weighted by molar-refractivity contribution is -0.125. The molecule has 2 rings (SSSR count). The zero-order valence-corrected chi connectivity index (χ0v) is 13.8. The number of nitrogens with zero attached hydrogens (tertiary/aromatic N) is 2. The third-order valence-electron chi connectivity index (χ3n) is 2.95. The highest BCUT2D eigenvalue weighted by Crippen LogP contribution is 2.27. The van der Waals surface area contributed by atoms with Gasteiger partial charge in [0.05, 0.1) is 6.42 Å². The van der Waals surface area contributed by atoms with Crippen molar-refractivity contribution in [3.8, 4) is 10.6 Å². The Morgan fingerprint density at radius 1 is 1.20 bits per heavy atom. The van der Waals surface area contributed by atoms with Crippen LogP contribution in [-0.4, -0.2) is 22.2 Å². The zero-order valence-electron chi connectivity index (χ0n) is 12.1. The predicted octanol–water partition coefficient (Wildman–Crippen LogP) is 4.08. The molecule has 0 spiro atoms. The maximum absolute atomic E-state index is 12.0. The van der Waals surface area contributed by atoms with E-state index in [1.807, 2.05) is 32.9 Å². The number of benzene rings is 1. The molecule has 0 amide bonds. The van der Waals surface area contributed by atoms with Crippen LogP contribution >= 0.6 is 23.1 Å². The van der Waals surface area contributed by atoms with Gasteiger partial charge in [0.15, 0.2) is 0 Å². The van der Waals surface area contributed by atoms with Gasteiger partial charge in [0.1, 0.15) is 15.8 Å². The summed E-state index contributed by atoms with van der Waals surface area (Å²) in [6, 6.07) is 8.23. The number of ketones is 1. The molecule has 20 heavy (non-hydrogen) atoms. The molecule has 0 saturated heterocycles. The van der Waals surface area contributed by atoms with Crippen molar-refractivity contribution in [2.24, 2.45) is 5.41 Å². The average Bonchev–Trinajstić information content (AvgIpc) is 2.86. The molecule has 0 radical (unpaired) electrons. The molecular formula is C15H18N2OS2. The summed E-state index contributed by atoms with van der Waals surface area (Å²) in [5.74, 6) is 0.193. The van der Waals surface area contributed by atoms with E-state index in [0.29, 0.717) is 6.42 Å². The second-order valence-corrected chi connectivity index (χ2v) is 7.52. The normalized spacial score (nSPS) is 11.6. The van der Waals surface area contributed by atoms with Crippen molar-refractivity contribution in [2.45, 2.75) is 32.1 Å². The summed E-state index contributed by atoms with van der Waals surface area (Å²) in [4.78, 5) is 13.2. The Morgan fingerprint density at radius 3 is 2.40 bits per heavy atom. The van der Waals surface area contributed by atoms with Crippen molar-refractivity contribution in [3.63, 3.8) is 0 Å². The summed E-state index contributed by atoms with van der Waals surface area (Å²) in [5.41, 5.74) is 0.723. The van der Waals surface area contributed by atoms with Gasteiger partial charge in [-0.15, -0.1) is 22.0 Å². The first-order valence-electron chi connectivity index (χ1n) is 6.40. The van der Waals surface area contributed by atoms with Crippen molar-refractivity contribution >= 4 is 28.9 Å². The van der Waals surface area contributed by atoms with Gasteiger partial charge in [-0.05, 0) is 18.4 Å². The minimum absolute atomic E-state index is 0.193. The van der Waals surface area contributed by atoms with Crippen LogP contribution in [0.2, 0.25) is 0 Å². The van der Waals surface area contributed by atoms with Gasteiger partial charge in [0.2, 0.25) is 0 Å². The SMILES string of the molecule is CSc1ccc(-c2nnc(CC(=O)C(C)(C)C)s2)cc1. The molecule has 0 aliphatic carbocycles. The van der Waals surface area contributed by atoms with Crippen LogP contribution in [0.1, 0.15) is 25.8 Å². The fraction of sp³-hybridized carbons (Fsp3) is 0.400. The highest BCUT2D eigenvalue weighted by Gasteiger charge is 2.22. The first-order chi connectivity index (χ1) is 9.40. The third-order valence-corrected chi connectivity index (χ3v) is 4.67. The van der Waals surface area contributed by atoms with Crippen LogP contribution in [0.5, 0.6) is 0 Å². The summed E-state index contributed by atoms with van der Waals surface area (Å²) in [6.07, 6.45) is 2.42. The molecule has 0 saturated carbocycles. The molecule has 106 valence electrons. The molecule has 0 fully saturated rings. The molecule has 5 heteroatoms. The molecule has 2 aromatic rings. The van der Waals surface area contributed by atoms with Gasteiger partial charge < -0.3 is 0 Å². The summed E-state index contributed by atoms with van der Waals surface area (Å²) in [6.45, 7) is 5.79. The van der Waals surface area contributed by atoms with E-state index in [9.17, 15) is 4.79 Å². The average molecular weight is 306 g/mol. The zero-order chi connectivity index (χ0) is 14.8. The van der Waals surface area contributed by atoms with Gasteiger partial charge in [0.25, 0.3) is 0 Å². The number of thioether (sulfide) groups is 1. The molecule has 1 aromatic carbocycles. The van der Waals surface area contributed by atoms with E-state index in [-0.39, 0.29) is 11.2 Å². The molecule has 3 nitrogen and oxygen atoms in total. The van der Waals surface area contributed by atoms with Crippen molar-refractivity contribution < 1.29 is 4.79 Å². The van der Waals surface area contributed by atoms with Crippen molar-refractivity contribution in [1.82, 2.24) is 10.2 Å². The second-order valence-electron chi connectivity index (χ2n) is 5.58. The number of aromatic nitrogens is 2. The van der Waals surface area contributed by atoms with E-state index in [1.165, 1.54) is 16.2 Å². The minimum Gasteiger partial charge on any atom is -0.299 e. The number of hydrogen-bond donors (Lipinski definition) is 0. The first kappa shape index (κ1) is 15.2. The Labute approximate surface area is 127 Å². The molecule has 0 unspecified atom stereocenters. The van der Waals surface area contributed by atoms with Crippen LogP contribution in [0.4, 0.5) is 0 Å². The Morgan fingerprint density at radius 2 is 1.85 bits per heavy atom. The van der Waals surface area contributed by atoms with Gasteiger partial charge in [-0.1, -0.05) is 44.2 Å². The topological polar surface area (TPSA) is 42.9 Å². The Balaban J connectivity index is 2.14. The predicted molar refractivity (Wildman–Crippen MR) is 85.3 cm³/mol. The van der Waals surface area contributed by atoms with E-state index in [0.717, 1.165) is 15.6 Å². The lowest BCUT2D eigenvalue weighted by atomic mass is 9.89. The number of hydrogen-bond acceptors (Lipinski definition) is 5. The number of Topliss-reactive ketones (excluding diaryl/α,β-unsaturated/α-hetero) is 1. The molecule has 0 aliphatic rings. The molecular weight excluding hydrogens is 288 g/mol. The lowest BCUT2D eigenvalue weighted by Gasteiger charge is -2.14. The lowest BCUT2D eigenvalue weighted by Crippen LogP contribution is -2.21. The van der Waals surface area contributed by atoms with Crippen molar-refractivity contribution in [2.75, 3.05) is 6.26 Å². The monoisotopic (exact) mass is 306 g/mol. The van der Waals surface area contributed by atoms with E-state index in [4.69, 9.17) is 0 Å². The highest BCUT2D eigenvalue weighted by atomic mass is 32.2. The van der Waals surface area contributed by atoms with E-state index < -0.39 is 0 Å². The molecule has 0 N–H and O–H groups in total. The van der Waals surface area contributed by atoms with Gasteiger partial charge in [-0.25, -0.2) is 0 Å². The Bertz CT molecular complexity index is 597. The van der Waals surface area contributed by atoms with Crippen LogP contribution in [0.3, 0.4) is 0 Å². The van der Waals surface area contributed by atoms with E-state index >= 15 is 0 Å². The van der Waals surface area contributed by atoms with Crippen LogP contribution in [-0.2, 0) is 11.2 Å². The Kier molecular flexibility index (Phi) is 4.60. The van der Waals surface area contributed by atoms with E-state index in [2.05, 4.69) is 28.6 Å². The molecule has 0 bridgehead atoms. The van der Waals surface area contributed by atoms with Crippen molar-refractivity contribution in [1.29, 1.82) is 0 Å². The summed E-state index contributed by atoms with van der Waals surface area (Å²) >= 11 is 3.21. The van der Waals surface area contributed by atoms with Gasteiger partial charge >= 0.3 is 0 Å². The van der Waals surface area contributed by atoms with E-state index in [1.54, 1.807) is 11.8 Å². The smallest absolute Gasteiger partial charge is 0.147 e. The molecule has 1 heterocycles.